The second kappa shape index (κ2) is 15.1. The van der Waals surface area contributed by atoms with Gasteiger partial charge in [0.05, 0.1) is 22.4 Å². The molecule has 2 atom stereocenters. The van der Waals surface area contributed by atoms with E-state index in [0.29, 0.717) is 0 Å². The molecule has 0 radical (unpaired) electrons. The van der Waals surface area contributed by atoms with Gasteiger partial charge in [0.25, 0.3) is 0 Å². The smallest absolute Gasteiger partial charge is 0.187 e. The fourth-order valence-electron chi connectivity index (χ4n) is 1.97. The topological polar surface area (TPSA) is 92.3 Å². The van der Waals surface area contributed by atoms with Gasteiger partial charge in [0.15, 0.2) is 22.4 Å². The first-order chi connectivity index (χ1) is 18.4. The maximum atomic E-state index is 5.72. The molecule has 0 aromatic heterocycles. The van der Waals surface area contributed by atoms with Gasteiger partial charge in [0.2, 0.25) is 0 Å². The quantitative estimate of drug-likeness (QED) is 0.0949. The fourth-order valence-corrected chi connectivity index (χ4v) is 1.97. The molecule has 0 saturated heterocycles. The van der Waals surface area contributed by atoms with Crippen LogP contribution in [0.2, 0.25) is 0 Å². The molecule has 2 unspecified atom stereocenters. The largest absolute Gasteiger partial charge is 0.232 e. The van der Waals surface area contributed by atoms with Crippen molar-refractivity contribution in [3.63, 3.8) is 0 Å². The Morgan fingerprint density at radius 3 is 0.786 bits per heavy atom. The Labute approximate surface area is 255 Å². The summed E-state index contributed by atoms with van der Waals surface area (Å²) >= 11 is 0. The summed E-state index contributed by atoms with van der Waals surface area (Å²) in [4.78, 5) is 55.7. The van der Waals surface area contributed by atoms with Gasteiger partial charge >= 0.3 is 0 Å². The number of rotatable bonds is 13. The number of hydrogen-bond acceptors (Lipinski definition) is 10. The zero-order valence-electron chi connectivity index (χ0n) is 29.5. The van der Waals surface area contributed by atoms with Crippen LogP contribution in [-0.4, -0.2) is 58.0 Å². The lowest BCUT2D eigenvalue weighted by Crippen LogP contribution is -2.40. The van der Waals surface area contributed by atoms with Crippen molar-refractivity contribution in [1.29, 1.82) is 0 Å². The second-order valence-electron chi connectivity index (χ2n) is 15.6. The minimum absolute atomic E-state index is 0.121. The molecule has 42 heavy (non-hydrogen) atoms. The summed E-state index contributed by atoms with van der Waals surface area (Å²) in [7, 11) is 0. The average molecular weight is 603 g/mol. The van der Waals surface area contributed by atoms with E-state index in [1.54, 1.807) is 41.5 Å². The molecule has 0 aromatic carbocycles. The molecule has 10 heteroatoms. The van der Waals surface area contributed by atoms with Crippen LogP contribution in [0.3, 0.4) is 0 Å². The summed E-state index contributed by atoms with van der Waals surface area (Å²) in [5.41, 5.74) is -6.55. The van der Waals surface area contributed by atoms with Crippen LogP contribution < -0.4 is 0 Å². The second-order valence-corrected chi connectivity index (χ2v) is 15.6. The highest BCUT2D eigenvalue weighted by atomic mass is 17.2. The lowest BCUT2D eigenvalue weighted by atomic mass is 10.1. The van der Waals surface area contributed by atoms with E-state index in [1.165, 1.54) is 0 Å². The molecule has 10 nitrogen and oxygen atoms in total. The van der Waals surface area contributed by atoms with Crippen LogP contribution in [0.25, 0.3) is 0 Å². The predicted octanol–water partition coefficient (Wildman–Crippen LogP) is 7.00. The average Bonchev–Trinajstić information content (AvgIpc) is 2.78. The van der Waals surface area contributed by atoms with Crippen molar-refractivity contribution in [1.82, 2.24) is 0 Å². The molecule has 0 fully saturated rings. The highest BCUT2D eigenvalue weighted by molar-refractivity contribution is 5.20. The molecule has 0 spiro atoms. The van der Waals surface area contributed by atoms with Crippen LogP contribution >= 0.6 is 0 Å². The first-order valence-electron chi connectivity index (χ1n) is 14.3. The van der Waals surface area contributed by atoms with Crippen LogP contribution in [0.1, 0.15) is 125 Å². The Balaban J connectivity index is 5.74. The molecule has 0 bridgehead atoms. The summed E-state index contributed by atoms with van der Waals surface area (Å²) in [5, 5.41) is 0. The minimum atomic E-state index is -1.24. The van der Waals surface area contributed by atoms with Gasteiger partial charge in [-0.2, -0.15) is 0 Å². The highest BCUT2D eigenvalue weighted by Gasteiger charge is 2.33. The third-order valence-corrected chi connectivity index (χ3v) is 3.96. The van der Waals surface area contributed by atoms with Crippen LogP contribution in [0.4, 0.5) is 0 Å². The van der Waals surface area contributed by atoms with E-state index >= 15 is 0 Å². The van der Waals surface area contributed by atoms with Gasteiger partial charge in [0.1, 0.15) is 13.2 Å². The predicted molar refractivity (Wildman–Crippen MR) is 160 cm³/mol. The molecular formula is C32H58O10. The maximum Gasteiger partial charge on any atom is 0.187 e. The standard InChI is InChI=1S/C32H58O10/c1-25(2,3)35-39-29(13,14)19-21-31(17,41-37-27(7,8)9)23-33-34-24-32(18,42-38-28(10,11)12)22-20-30(15,16)40-36-26(4,5)6/h23-24H2,1-18H3. The molecule has 0 saturated carbocycles. The van der Waals surface area contributed by atoms with Gasteiger partial charge in [-0.3, -0.25) is 0 Å². The molecule has 0 aliphatic heterocycles. The van der Waals surface area contributed by atoms with Gasteiger partial charge in [-0.05, 0) is 125 Å². The maximum absolute atomic E-state index is 5.72. The van der Waals surface area contributed by atoms with Crippen LogP contribution in [0.15, 0.2) is 0 Å². The van der Waals surface area contributed by atoms with Crippen LogP contribution in [0.5, 0.6) is 0 Å². The monoisotopic (exact) mass is 602 g/mol. The van der Waals surface area contributed by atoms with Crippen molar-refractivity contribution in [2.45, 2.75) is 169 Å². The van der Waals surface area contributed by atoms with E-state index in [0.717, 1.165) is 0 Å². The molecule has 0 N–H and O–H groups in total. The zero-order chi connectivity index (χ0) is 33.3. The summed E-state index contributed by atoms with van der Waals surface area (Å²) in [6, 6.07) is 0. The van der Waals surface area contributed by atoms with Gasteiger partial charge in [-0.15, -0.1) is 0 Å². The van der Waals surface area contributed by atoms with E-state index in [9.17, 15) is 0 Å². The SMILES string of the molecule is CC(C)(C)OOC(C)(C)C#CC(C)(COOCC(C)(C#CC(C)(C)OOC(C)(C)C)OOC(C)(C)C)OOC(C)(C)C. The zero-order valence-corrected chi connectivity index (χ0v) is 29.5. The number of hydrogen-bond donors (Lipinski definition) is 0. The lowest BCUT2D eigenvalue weighted by Gasteiger charge is -2.30. The van der Waals surface area contributed by atoms with E-state index in [2.05, 4.69) is 23.7 Å². The third kappa shape index (κ3) is 22.3. The minimum Gasteiger partial charge on any atom is -0.232 e. The summed E-state index contributed by atoms with van der Waals surface area (Å²) < 4.78 is 0. The Morgan fingerprint density at radius 2 is 0.548 bits per heavy atom. The van der Waals surface area contributed by atoms with Gasteiger partial charge < -0.3 is 0 Å². The summed E-state index contributed by atoms with van der Waals surface area (Å²) in [5.74, 6) is 12.1. The van der Waals surface area contributed by atoms with Crippen LogP contribution in [0, 0.1) is 23.7 Å². The molecule has 0 rings (SSSR count). The van der Waals surface area contributed by atoms with Crippen molar-refractivity contribution < 1.29 is 48.9 Å². The van der Waals surface area contributed by atoms with Gasteiger partial charge in [0, 0.05) is 0 Å². The lowest BCUT2D eigenvalue weighted by molar-refractivity contribution is -0.430. The molecule has 0 aliphatic carbocycles. The van der Waals surface area contributed by atoms with Crippen molar-refractivity contribution in [3.8, 4) is 23.7 Å². The Bertz CT molecular complexity index is 861. The molecule has 0 aliphatic rings. The molecule has 246 valence electrons. The van der Waals surface area contributed by atoms with Crippen molar-refractivity contribution >= 4 is 0 Å². The van der Waals surface area contributed by atoms with Crippen LogP contribution in [-0.2, 0) is 48.9 Å². The Morgan fingerprint density at radius 1 is 0.310 bits per heavy atom. The summed E-state index contributed by atoms with van der Waals surface area (Å²) in [6.07, 6.45) is 0. The van der Waals surface area contributed by atoms with Crippen molar-refractivity contribution in [3.05, 3.63) is 0 Å². The third-order valence-electron chi connectivity index (χ3n) is 3.96. The van der Waals surface area contributed by atoms with Gasteiger partial charge in [-0.25, -0.2) is 48.9 Å². The Kier molecular flexibility index (Phi) is 14.7. The fraction of sp³-hybridized carbons (Fsp3) is 0.875. The van der Waals surface area contributed by atoms with E-state index < -0.39 is 44.8 Å². The highest BCUT2D eigenvalue weighted by Crippen LogP contribution is 2.22. The van der Waals surface area contributed by atoms with Gasteiger partial charge in [-0.1, -0.05) is 23.7 Å². The molecule has 0 amide bonds. The first kappa shape index (κ1) is 40.7. The van der Waals surface area contributed by atoms with Crippen molar-refractivity contribution in [2.24, 2.45) is 0 Å². The molecular weight excluding hydrogens is 544 g/mol. The normalized spacial score (nSPS) is 16.5. The van der Waals surface area contributed by atoms with E-state index in [4.69, 9.17) is 48.9 Å². The molecule has 0 aromatic rings. The Hall–Kier alpha value is -1.28. The van der Waals surface area contributed by atoms with E-state index in [1.807, 2.05) is 83.1 Å². The van der Waals surface area contributed by atoms with E-state index in [-0.39, 0.29) is 13.2 Å². The molecule has 0 heterocycles. The van der Waals surface area contributed by atoms with Crippen molar-refractivity contribution in [2.75, 3.05) is 13.2 Å². The summed E-state index contributed by atoms with van der Waals surface area (Å²) in [6.45, 7) is 32.7. The first-order valence-corrected chi connectivity index (χ1v) is 14.3.